The van der Waals surface area contributed by atoms with Crippen LogP contribution in [0.2, 0.25) is 0 Å². The van der Waals surface area contributed by atoms with Crippen molar-refractivity contribution in [2.24, 2.45) is 0 Å². The van der Waals surface area contributed by atoms with Crippen LogP contribution in [0.4, 0.5) is 10.8 Å². The molecule has 150 valence electrons. The molecule has 1 atom stereocenters. The van der Waals surface area contributed by atoms with E-state index >= 15 is 0 Å². The standard InChI is InChI=1S/C20H20N4O3S2/c1-3-18-22-23-20(28-18)21-19(25)15-8-6-9-16(12-15)29(26,27)24-13(2)11-14-7-4-5-10-17(14)24/h4-10,12-13H,3,11H2,1-2H3,(H,21,23,25). The molecule has 0 spiro atoms. The number of amides is 1. The van der Waals surface area contributed by atoms with E-state index in [1.54, 1.807) is 12.1 Å². The van der Waals surface area contributed by atoms with Crippen LogP contribution < -0.4 is 9.62 Å². The van der Waals surface area contributed by atoms with E-state index in [1.165, 1.54) is 27.8 Å². The van der Waals surface area contributed by atoms with Crippen molar-refractivity contribution >= 4 is 38.1 Å². The zero-order chi connectivity index (χ0) is 20.6. The number of rotatable bonds is 5. The van der Waals surface area contributed by atoms with Crippen molar-refractivity contribution < 1.29 is 13.2 Å². The van der Waals surface area contributed by atoms with E-state index in [0.717, 1.165) is 17.0 Å². The number of carbonyl (C=O) groups excluding carboxylic acids is 1. The van der Waals surface area contributed by atoms with Gasteiger partial charge in [0.15, 0.2) is 0 Å². The molecule has 0 aliphatic carbocycles. The second-order valence-corrected chi connectivity index (χ2v) is 9.70. The smallest absolute Gasteiger partial charge is 0.264 e. The average molecular weight is 429 g/mol. The molecule has 1 aromatic heterocycles. The number of hydrogen-bond donors (Lipinski definition) is 1. The highest BCUT2D eigenvalue weighted by molar-refractivity contribution is 7.92. The van der Waals surface area contributed by atoms with E-state index in [9.17, 15) is 13.2 Å². The van der Waals surface area contributed by atoms with Gasteiger partial charge in [0.1, 0.15) is 5.01 Å². The molecule has 7 nitrogen and oxygen atoms in total. The number of para-hydroxylation sites is 1. The summed E-state index contributed by atoms with van der Waals surface area (Å²) in [6.45, 7) is 3.84. The van der Waals surface area contributed by atoms with Crippen LogP contribution in [0, 0.1) is 0 Å². The van der Waals surface area contributed by atoms with Gasteiger partial charge in [-0.1, -0.05) is 42.5 Å². The fourth-order valence-corrected chi connectivity index (χ4v) is 5.84. The van der Waals surface area contributed by atoms with E-state index in [-0.39, 0.29) is 16.5 Å². The summed E-state index contributed by atoms with van der Waals surface area (Å²) in [5, 5.41) is 11.8. The average Bonchev–Trinajstić information content (AvgIpc) is 3.31. The molecule has 0 fully saturated rings. The Labute approximate surface area is 173 Å². The molecule has 1 amide bonds. The molecular weight excluding hydrogens is 408 g/mol. The Kier molecular flexibility index (Phi) is 5.10. The van der Waals surface area contributed by atoms with Crippen molar-refractivity contribution in [3.8, 4) is 0 Å². The second kappa shape index (κ2) is 7.57. The molecule has 29 heavy (non-hydrogen) atoms. The molecule has 2 aromatic carbocycles. The molecular formula is C20H20N4O3S2. The molecule has 2 heterocycles. The predicted octanol–water partition coefficient (Wildman–Crippen LogP) is 3.49. The van der Waals surface area contributed by atoms with Crippen LogP contribution in [0.25, 0.3) is 0 Å². The molecule has 9 heteroatoms. The van der Waals surface area contributed by atoms with Crippen LogP contribution in [0.5, 0.6) is 0 Å². The minimum atomic E-state index is -3.80. The minimum Gasteiger partial charge on any atom is -0.296 e. The van der Waals surface area contributed by atoms with Crippen molar-refractivity contribution in [1.29, 1.82) is 0 Å². The van der Waals surface area contributed by atoms with Crippen molar-refractivity contribution in [2.45, 2.75) is 37.6 Å². The molecule has 0 saturated heterocycles. The number of carbonyl (C=O) groups is 1. The van der Waals surface area contributed by atoms with Gasteiger partial charge in [0.2, 0.25) is 5.13 Å². The number of fused-ring (bicyclic) bond motifs is 1. The first-order chi connectivity index (χ1) is 13.9. The van der Waals surface area contributed by atoms with Gasteiger partial charge >= 0.3 is 0 Å². The Morgan fingerprint density at radius 1 is 1.21 bits per heavy atom. The highest BCUT2D eigenvalue weighted by Gasteiger charge is 2.36. The summed E-state index contributed by atoms with van der Waals surface area (Å²) in [5.41, 5.74) is 1.94. The Morgan fingerprint density at radius 2 is 2.00 bits per heavy atom. The number of nitrogens with zero attached hydrogens (tertiary/aromatic N) is 3. The van der Waals surface area contributed by atoms with Crippen LogP contribution in [-0.2, 0) is 22.9 Å². The molecule has 0 saturated carbocycles. The lowest BCUT2D eigenvalue weighted by Crippen LogP contribution is -2.35. The summed E-state index contributed by atoms with van der Waals surface area (Å²) in [6, 6.07) is 13.4. The first kappa shape index (κ1) is 19.5. The summed E-state index contributed by atoms with van der Waals surface area (Å²) < 4.78 is 28.2. The Morgan fingerprint density at radius 3 is 2.76 bits per heavy atom. The monoisotopic (exact) mass is 428 g/mol. The number of sulfonamides is 1. The number of hydrogen-bond acceptors (Lipinski definition) is 6. The summed E-state index contributed by atoms with van der Waals surface area (Å²) in [7, 11) is -3.80. The number of anilines is 2. The maximum atomic E-state index is 13.4. The maximum absolute atomic E-state index is 13.4. The Hall–Kier alpha value is -2.78. The quantitative estimate of drug-likeness (QED) is 0.672. The first-order valence-electron chi connectivity index (χ1n) is 9.26. The van der Waals surface area contributed by atoms with E-state index in [2.05, 4.69) is 15.5 Å². The third kappa shape index (κ3) is 3.63. The zero-order valence-corrected chi connectivity index (χ0v) is 17.6. The van der Waals surface area contributed by atoms with Gasteiger partial charge in [0.05, 0.1) is 10.6 Å². The molecule has 1 N–H and O–H groups in total. The molecule has 0 radical (unpaired) electrons. The van der Waals surface area contributed by atoms with Crippen LogP contribution in [0.3, 0.4) is 0 Å². The van der Waals surface area contributed by atoms with Gasteiger partial charge in [0, 0.05) is 11.6 Å². The van der Waals surface area contributed by atoms with Gasteiger partial charge in [-0.3, -0.25) is 14.4 Å². The van der Waals surface area contributed by atoms with Gasteiger partial charge in [-0.15, -0.1) is 10.2 Å². The number of benzene rings is 2. The van der Waals surface area contributed by atoms with Crippen molar-refractivity contribution in [3.05, 3.63) is 64.7 Å². The molecule has 4 rings (SSSR count). The van der Waals surface area contributed by atoms with Gasteiger partial charge in [-0.25, -0.2) is 8.42 Å². The van der Waals surface area contributed by atoms with Crippen LogP contribution in [0.1, 0.15) is 34.8 Å². The van der Waals surface area contributed by atoms with Crippen LogP contribution in [-0.4, -0.2) is 30.6 Å². The fourth-order valence-electron chi connectivity index (χ4n) is 3.43. The molecule has 1 aliphatic rings. The zero-order valence-electron chi connectivity index (χ0n) is 16.0. The van der Waals surface area contributed by atoms with Gasteiger partial charge in [-0.05, 0) is 49.6 Å². The lowest BCUT2D eigenvalue weighted by atomic mass is 10.1. The summed E-state index contributed by atoms with van der Waals surface area (Å²) in [5.74, 6) is -0.421. The minimum absolute atomic E-state index is 0.0835. The SMILES string of the molecule is CCc1nnc(NC(=O)c2cccc(S(=O)(=O)N3c4ccccc4CC3C)c2)s1. The fraction of sp³-hybridized carbons (Fsp3) is 0.250. The number of aryl methyl sites for hydroxylation is 1. The number of aromatic nitrogens is 2. The molecule has 1 aliphatic heterocycles. The van der Waals surface area contributed by atoms with E-state index in [1.807, 2.05) is 38.1 Å². The van der Waals surface area contributed by atoms with E-state index in [4.69, 9.17) is 0 Å². The Balaban J connectivity index is 1.63. The summed E-state index contributed by atoms with van der Waals surface area (Å²) in [6.07, 6.45) is 1.39. The number of nitrogens with one attached hydrogen (secondary N) is 1. The third-order valence-electron chi connectivity index (χ3n) is 4.79. The second-order valence-electron chi connectivity index (χ2n) is 6.82. The van der Waals surface area contributed by atoms with Crippen LogP contribution in [0.15, 0.2) is 53.4 Å². The lowest BCUT2D eigenvalue weighted by molar-refractivity contribution is 0.102. The van der Waals surface area contributed by atoms with Crippen molar-refractivity contribution in [3.63, 3.8) is 0 Å². The van der Waals surface area contributed by atoms with Gasteiger partial charge < -0.3 is 0 Å². The summed E-state index contributed by atoms with van der Waals surface area (Å²) in [4.78, 5) is 12.7. The van der Waals surface area contributed by atoms with E-state index in [0.29, 0.717) is 17.2 Å². The Bertz CT molecular complexity index is 1170. The van der Waals surface area contributed by atoms with Gasteiger partial charge in [-0.2, -0.15) is 0 Å². The highest BCUT2D eigenvalue weighted by atomic mass is 32.2. The predicted molar refractivity (Wildman–Crippen MR) is 113 cm³/mol. The van der Waals surface area contributed by atoms with Gasteiger partial charge in [0.25, 0.3) is 15.9 Å². The maximum Gasteiger partial charge on any atom is 0.264 e. The normalized spacial score (nSPS) is 15.9. The molecule has 0 bridgehead atoms. The lowest BCUT2D eigenvalue weighted by Gasteiger charge is -2.24. The van der Waals surface area contributed by atoms with Crippen LogP contribution >= 0.6 is 11.3 Å². The van der Waals surface area contributed by atoms with Crippen molar-refractivity contribution in [2.75, 3.05) is 9.62 Å². The topological polar surface area (TPSA) is 92.3 Å². The molecule has 3 aromatic rings. The summed E-state index contributed by atoms with van der Waals surface area (Å²) >= 11 is 1.30. The van der Waals surface area contributed by atoms with Crippen molar-refractivity contribution in [1.82, 2.24) is 10.2 Å². The first-order valence-corrected chi connectivity index (χ1v) is 11.5. The molecule has 1 unspecified atom stereocenters. The third-order valence-corrected chi connectivity index (χ3v) is 7.69. The van der Waals surface area contributed by atoms with E-state index < -0.39 is 15.9 Å². The highest BCUT2D eigenvalue weighted by Crippen LogP contribution is 2.36. The largest absolute Gasteiger partial charge is 0.296 e.